The van der Waals surface area contributed by atoms with Crippen molar-refractivity contribution in [2.75, 3.05) is 18.6 Å². The second-order valence-corrected chi connectivity index (χ2v) is 5.36. The van der Waals surface area contributed by atoms with Crippen LogP contribution in [0.25, 0.3) is 0 Å². The Labute approximate surface area is 116 Å². The number of hydrogen-bond donors (Lipinski definition) is 0. The van der Waals surface area contributed by atoms with Gasteiger partial charge in [-0.05, 0) is 32.8 Å². The van der Waals surface area contributed by atoms with Gasteiger partial charge in [-0.25, -0.2) is 9.78 Å². The van der Waals surface area contributed by atoms with Gasteiger partial charge >= 0.3 is 11.7 Å². The first-order chi connectivity index (χ1) is 9.36. The lowest BCUT2D eigenvalue weighted by Crippen LogP contribution is -2.39. The van der Waals surface area contributed by atoms with Crippen molar-refractivity contribution in [3.05, 3.63) is 27.9 Å². The van der Waals surface area contributed by atoms with Crippen LogP contribution in [-0.2, 0) is 4.74 Å². The van der Waals surface area contributed by atoms with Gasteiger partial charge in [0.1, 0.15) is 0 Å². The molecule has 2 heterocycles. The smallest absolute Gasteiger partial charge is 0.356 e. The van der Waals surface area contributed by atoms with Crippen LogP contribution in [0.4, 0.5) is 11.5 Å². The van der Waals surface area contributed by atoms with Crippen LogP contribution in [0, 0.1) is 10.1 Å². The van der Waals surface area contributed by atoms with Crippen molar-refractivity contribution in [2.45, 2.75) is 32.2 Å². The third-order valence-electron chi connectivity index (χ3n) is 3.60. The molecule has 0 saturated carbocycles. The minimum absolute atomic E-state index is 0.0794. The molecule has 0 aliphatic carbocycles. The minimum Gasteiger partial charge on any atom is -0.464 e. The van der Waals surface area contributed by atoms with Gasteiger partial charge in [-0.3, -0.25) is 10.1 Å². The number of ether oxygens (including phenoxy) is 1. The number of rotatable bonds is 3. The standard InChI is InChI=1S/C13H17N3O4/c1-13(2)7-4-8-15(13)11-10(16(18)19)6-5-9(14-11)12(17)20-3/h5-6H,4,7-8H2,1-3H3. The molecular weight excluding hydrogens is 262 g/mol. The predicted molar refractivity (Wildman–Crippen MR) is 72.9 cm³/mol. The molecule has 20 heavy (non-hydrogen) atoms. The molecule has 0 unspecified atom stereocenters. The molecule has 7 nitrogen and oxygen atoms in total. The van der Waals surface area contributed by atoms with Crippen molar-refractivity contribution in [3.63, 3.8) is 0 Å². The molecule has 0 N–H and O–H groups in total. The zero-order valence-corrected chi connectivity index (χ0v) is 11.8. The molecular formula is C13H17N3O4. The number of nitrogens with zero attached hydrogens (tertiary/aromatic N) is 3. The number of methoxy groups -OCH3 is 1. The molecule has 7 heteroatoms. The SMILES string of the molecule is COC(=O)c1ccc([N+](=O)[O-])c(N2CCCC2(C)C)n1. The highest BCUT2D eigenvalue weighted by molar-refractivity contribution is 5.88. The molecule has 0 atom stereocenters. The Balaban J connectivity index is 2.53. The summed E-state index contributed by atoms with van der Waals surface area (Å²) in [5, 5.41) is 11.2. The van der Waals surface area contributed by atoms with Crippen molar-refractivity contribution >= 4 is 17.5 Å². The van der Waals surface area contributed by atoms with E-state index in [-0.39, 0.29) is 22.7 Å². The Bertz CT molecular complexity index is 557. The van der Waals surface area contributed by atoms with Crippen LogP contribution < -0.4 is 4.90 Å². The van der Waals surface area contributed by atoms with Crippen molar-refractivity contribution in [1.82, 2.24) is 4.98 Å². The molecule has 1 fully saturated rings. The van der Waals surface area contributed by atoms with E-state index in [4.69, 9.17) is 0 Å². The van der Waals surface area contributed by atoms with Gasteiger partial charge < -0.3 is 9.64 Å². The Morgan fingerprint density at radius 2 is 2.20 bits per heavy atom. The lowest BCUT2D eigenvalue weighted by atomic mass is 10.0. The van der Waals surface area contributed by atoms with Crippen molar-refractivity contribution in [2.24, 2.45) is 0 Å². The molecule has 1 saturated heterocycles. The summed E-state index contributed by atoms with van der Waals surface area (Å²) in [5.41, 5.74) is -0.226. The maximum absolute atomic E-state index is 11.5. The third kappa shape index (κ3) is 2.43. The lowest BCUT2D eigenvalue weighted by Gasteiger charge is -2.32. The Kier molecular flexibility index (Phi) is 3.61. The van der Waals surface area contributed by atoms with E-state index in [0.717, 1.165) is 12.8 Å². The fourth-order valence-corrected chi connectivity index (χ4v) is 2.50. The molecule has 108 valence electrons. The van der Waals surface area contributed by atoms with E-state index in [0.29, 0.717) is 6.54 Å². The van der Waals surface area contributed by atoms with Gasteiger partial charge in [0, 0.05) is 18.2 Å². The molecule has 0 amide bonds. The fourth-order valence-electron chi connectivity index (χ4n) is 2.50. The highest BCUT2D eigenvalue weighted by Crippen LogP contribution is 2.37. The van der Waals surface area contributed by atoms with Gasteiger partial charge in [0.15, 0.2) is 5.69 Å². The summed E-state index contributed by atoms with van der Waals surface area (Å²) in [4.78, 5) is 28.3. The van der Waals surface area contributed by atoms with Gasteiger partial charge in [0.2, 0.25) is 5.82 Å². The van der Waals surface area contributed by atoms with Crippen LogP contribution in [-0.4, -0.2) is 35.1 Å². The average molecular weight is 279 g/mol. The summed E-state index contributed by atoms with van der Waals surface area (Å²) in [5.74, 6) is -0.362. The summed E-state index contributed by atoms with van der Waals surface area (Å²) in [7, 11) is 1.25. The summed E-state index contributed by atoms with van der Waals surface area (Å²) >= 11 is 0. The number of aromatic nitrogens is 1. The monoisotopic (exact) mass is 279 g/mol. The molecule has 1 aromatic heterocycles. The van der Waals surface area contributed by atoms with E-state index in [1.807, 2.05) is 18.7 Å². The summed E-state index contributed by atoms with van der Waals surface area (Å²) in [6, 6.07) is 2.62. The molecule has 2 rings (SSSR count). The van der Waals surface area contributed by atoms with Gasteiger partial charge in [-0.2, -0.15) is 0 Å². The number of carbonyl (C=O) groups is 1. The fraction of sp³-hybridized carbons (Fsp3) is 0.538. The zero-order chi connectivity index (χ0) is 14.9. The van der Waals surface area contributed by atoms with Gasteiger partial charge in [0.05, 0.1) is 12.0 Å². The highest BCUT2D eigenvalue weighted by Gasteiger charge is 2.37. The Morgan fingerprint density at radius 3 is 2.70 bits per heavy atom. The molecule has 0 bridgehead atoms. The topological polar surface area (TPSA) is 85.6 Å². The van der Waals surface area contributed by atoms with Crippen LogP contribution in [0.5, 0.6) is 0 Å². The summed E-state index contributed by atoms with van der Waals surface area (Å²) in [6.07, 6.45) is 1.86. The quantitative estimate of drug-likeness (QED) is 0.479. The molecule has 0 radical (unpaired) electrons. The Hall–Kier alpha value is -2.18. The van der Waals surface area contributed by atoms with E-state index in [9.17, 15) is 14.9 Å². The molecule has 1 aliphatic heterocycles. The number of esters is 1. The van der Waals surface area contributed by atoms with Crippen LogP contribution in [0.3, 0.4) is 0 Å². The lowest BCUT2D eigenvalue weighted by molar-refractivity contribution is -0.384. The van der Waals surface area contributed by atoms with Crippen LogP contribution in [0.1, 0.15) is 37.2 Å². The number of hydrogen-bond acceptors (Lipinski definition) is 6. The second-order valence-electron chi connectivity index (χ2n) is 5.36. The van der Waals surface area contributed by atoms with Gasteiger partial charge in [0.25, 0.3) is 0 Å². The Morgan fingerprint density at radius 1 is 1.50 bits per heavy atom. The normalized spacial score (nSPS) is 17.1. The first-order valence-corrected chi connectivity index (χ1v) is 6.38. The van der Waals surface area contributed by atoms with Crippen molar-refractivity contribution < 1.29 is 14.5 Å². The largest absolute Gasteiger partial charge is 0.464 e. The van der Waals surface area contributed by atoms with Gasteiger partial charge in [-0.1, -0.05) is 0 Å². The highest BCUT2D eigenvalue weighted by atomic mass is 16.6. The number of nitro groups is 1. The number of anilines is 1. The van der Waals surface area contributed by atoms with Crippen LogP contribution in [0.15, 0.2) is 12.1 Å². The molecule has 1 aliphatic rings. The minimum atomic E-state index is -0.599. The predicted octanol–water partition coefficient (Wildman–Crippen LogP) is 2.16. The van der Waals surface area contributed by atoms with E-state index in [2.05, 4.69) is 9.72 Å². The average Bonchev–Trinajstić information content (AvgIpc) is 2.76. The maximum Gasteiger partial charge on any atom is 0.356 e. The molecule has 0 aromatic carbocycles. The third-order valence-corrected chi connectivity index (χ3v) is 3.60. The van der Waals surface area contributed by atoms with E-state index in [1.54, 1.807) is 0 Å². The zero-order valence-electron chi connectivity index (χ0n) is 11.8. The van der Waals surface area contributed by atoms with E-state index >= 15 is 0 Å². The number of pyridine rings is 1. The van der Waals surface area contributed by atoms with Crippen LogP contribution in [0.2, 0.25) is 0 Å². The first-order valence-electron chi connectivity index (χ1n) is 6.38. The molecule has 0 spiro atoms. The summed E-state index contributed by atoms with van der Waals surface area (Å²) in [6.45, 7) is 4.71. The number of carbonyl (C=O) groups excluding carboxylic acids is 1. The maximum atomic E-state index is 11.5. The second kappa shape index (κ2) is 5.07. The van der Waals surface area contributed by atoms with Crippen molar-refractivity contribution in [3.8, 4) is 0 Å². The van der Waals surface area contributed by atoms with E-state index in [1.165, 1.54) is 19.2 Å². The first kappa shape index (κ1) is 14.2. The van der Waals surface area contributed by atoms with E-state index < -0.39 is 10.9 Å². The molecule has 1 aromatic rings. The summed E-state index contributed by atoms with van der Waals surface area (Å²) < 4.78 is 4.62. The van der Waals surface area contributed by atoms with Gasteiger partial charge in [-0.15, -0.1) is 0 Å². The van der Waals surface area contributed by atoms with Crippen LogP contribution >= 0.6 is 0 Å². The van der Waals surface area contributed by atoms with Crippen molar-refractivity contribution in [1.29, 1.82) is 0 Å².